The number of halogens is 2. The van der Waals surface area contributed by atoms with Crippen molar-refractivity contribution in [2.24, 2.45) is 5.92 Å². The largest absolute Gasteiger partial charge is 0.508 e. The summed E-state index contributed by atoms with van der Waals surface area (Å²) in [5.74, 6) is -1.36. The van der Waals surface area contributed by atoms with Gasteiger partial charge in [0.05, 0.1) is 5.56 Å². The molecule has 1 aliphatic carbocycles. The van der Waals surface area contributed by atoms with Gasteiger partial charge in [-0.15, -0.1) is 0 Å². The molecule has 3 saturated heterocycles. The molecule has 0 bridgehead atoms. The second-order valence-electron chi connectivity index (χ2n) is 16.2. The Balaban J connectivity index is 0.827. The number of phenolic OH excluding ortho intramolecular Hbond substituents is 1. The minimum Gasteiger partial charge on any atom is -0.508 e. The maximum absolute atomic E-state index is 16.4. The Morgan fingerprint density at radius 2 is 1.42 bits per heavy atom. The Morgan fingerprint density at radius 3 is 2.16 bits per heavy atom. The average Bonchev–Trinajstić information content (AvgIpc) is 3.42. The summed E-state index contributed by atoms with van der Waals surface area (Å²) in [6, 6.07) is 23.2. The van der Waals surface area contributed by atoms with Crippen LogP contribution in [0.2, 0.25) is 0 Å². The lowest BCUT2D eigenvalue weighted by molar-refractivity contribution is -0.136. The van der Waals surface area contributed by atoms with Gasteiger partial charge in [-0.25, -0.2) is 8.78 Å². The number of anilines is 2. The van der Waals surface area contributed by atoms with Crippen molar-refractivity contribution in [2.75, 3.05) is 55.6 Å². The van der Waals surface area contributed by atoms with E-state index in [1.54, 1.807) is 23.1 Å². The molecule has 2 N–H and O–H groups in total. The number of phenols is 1. The van der Waals surface area contributed by atoms with Gasteiger partial charge in [-0.05, 0) is 120 Å². The van der Waals surface area contributed by atoms with Crippen LogP contribution in [0.25, 0.3) is 11.1 Å². The summed E-state index contributed by atoms with van der Waals surface area (Å²) >= 11 is 0. The average molecular weight is 772 g/mol. The number of fused-ring (bicyclic) bond motifs is 2. The van der Waals surface area contributed by atoms with E-state index >= 15 is 8.78 Å². The summed E-state index contributed by atoms with van der Waals surface area (Å²) in [5, 5.41) is 12.6. The van der Waals surface area contributed by atoms with Crippen LogP contribution in [0.1, 0.15) is 76.7 Å². The van der Waals surface area contributed by atoms with Gasteiger partial charge in [-0.1, -0.05) is 36.4 Å². The first-order chi connectivity index (χ1) is 27.7. The van der Waals surface area contributed by atoms with Crippen molar-refractivity contribution in [2.45, 2.75) is 57.5 Å². The number of piperazine rings is 1. The molecule has 4 aliphatic heterocycles. The maximum atomic E-state index is 16.4. The molecule has 9 nitrogen and oxygen atoms in total. The van der Waals surface area contributed by atoms with Crippen LogP contribution in [0.4, 0.5) is 20.2 Å². The van der Waals surface area contributed by atoms with Gasteiger partial charge in [0.15, 0.2) is 0 Å². The molecule has 0 spiro atoms. The predicted molar refractivity (Wildman–Crippen MR) is 216 cm³/mol. The van der Waals surface area contributed by atoms with Crippen LogP contribution in [0.3, 0.4) is 0 Å². The molecule has 4 aromatic carbocycles. The number of aromatic hydroxyl groups is 1. The molecule has 57 heavy (non-hydrogen) atoms. The number of nitrogens with one attached hydrogen (secondary N) is 1. The first kappa shape index (κ1) is 37.1. The second-order valence-corrected chi connectivity index (χ2v) is 16.2. The number of benzene rings is 4. The Labute approximate surface area is 331 Å². The van der Waals surface area contributed by atoms with Crippen molar-refractivity contribution in [1.29, 1.82) is 0 Å². The SMILES string of the molecule is O=C1CC[C@H](N2Cc3cc(N4CCN(CC5CCN(c6cc(F)c(C7=C(c8ccccc8)CCCc8cc(O)ccc87)c(F)c6)CC5)CC4)ccc3C2=O)C(=O)N1. The number of hydrogen-bond donors (Lipinski definition) is 2. The summed E-state index contributed by atoms with van der Waals surface area (Å²) in [6.07, 6.45) is 4.65. The minimum atomic E-state index is -0.622. The van der Waals surface area contributed by atoms with Gasteiger partial charge in [0.1, 0.15) is 23.4 Å². The third-order valence-electron chi connectivity index (χ3n) is 12.7. The third kappa shape index (κ3) is 7.29. The standard InChI is InChI=1S/C46H47F2N5O4/c47-39-25-34(26-40(48)44(39)43-36(30-5-2-1-3-6-30)8-4-7-31-24-35(54)10-12-37(31)43)51-17-15-29(16-18-51)27-50-19-21-52(22-20-50)33-9-11-38-32(23-33)28-53(46(38)57)41-13-14-42(55)49-45(41)56/h1-3,5-6,9-12,23-26,29,41,54H,4,7-8,13-22,27-28H2,(H,49,55,56)/t41-/m0/s1. The second kappa shape index (κ2) is 15.4. The number of imide groups is 1. The Bertz CT molecular complexity index is 2240. The lowest BCUT2D eigenvalue weighted by atomic mass is 9.87. The van der Waals surface area contributed by atoms with Crippen LogP contribution in [0.15, 0.2) is 78.9 Å². The number of carbonyl (C=O) groups excluding carboxylic acids is 3. The Morgan fingerprint density at radius 1 is 0.702 bits per heavy atom. The molecular weight excluding hydrogens is 725 g/mol. The van der Waals surface area contributed by atoms with E-state index in [0.717, 1.165) is 98.6 Å². The van der Waals surface area contributed by atoms with Gasteiger partial charge in [0.25, 0.3) is 5.91 Å². The molecule has 9 rings (SSSR count). The van der Waals surface area contributed by atoms with Crippen LogP contribution >= 0.6 is 0 Å². The van der Waals surface area contributed by atoms with Gasteiger partial charge >= 0.3 is 0 Å². The zero-order valence-corrected chi connectivity index (χ0v) is 32.0. The van der Waals surface area contributed by atoms with E-state index in [2.05, 4.69) is 26.1 Å². The van der Waals surface area contributed by atoms with E-state index in [1.165, 1.54) is 12.1 Å². The van der Waals surface area contributed by atoms with Gasteiger partial charge < -0.3 is 19.8 Å². The normalized spacial score (nSPS) is 20.8. The summed E-state index contributed by atoms with van der Waals surface area (Å²) in [5.41, 5.74) is 7.24. The fourth-order valence-corrected chi connectivity index (χ4v) is 9.65. The number of aryl methyl sites for hydroxylation is 1. The minimum absolute atomic E-state index is 0.0111. The monoisotopic (exact) mass is 771 g/mol. The van der Waals surface area contributed by atoms with E-state index in [1.807, 2.05) is 42.5 Å². The zero-order chi connectivity index (χ0) is 39.2. The van der Waals surface area contributed by atoms with E-state index < -0.39 is 23.6 Å². The molecule has 0 unspecified atom stereocenters. The molecule has 1 atom stereocenters. The van der Waals surface area contributed by atoms with Gasteiger partial charge in [0.2, 0.25) is 11.8 Å². The molecule has 4 heterocycles. The fraction of sp³-hybridized carbons (Fsp3) is 0.370. The lowest BCUT2D eigenvalue weighted by Crippen LogP contribution is -2.52. The van der Waals surface area contributed by atoms with Crippen LogP contribution in [0, 0.1) is 17.6 Å². The van der Waals surface area contributed by atoms with E-state index in [0.29, 0.717) is 48.5 Å². The highest BCUT2D eigenvalue weighted by Crippen LogP contribution is 2.43. The van der Waals surface area contributed by atoms with Crippen molar-refractivity contribution in [3.63, 3.8) is 0 Å². The highest BCUT2D eigenvalue weighted by molar-refractivity contribution is 6.05. The number of rotatable bonds is 7. The summed E-state index contributed by atoms with van der Waals surface area (Å²) in [4.78, 5) is 45.8. The van der Waals surface area contributed by atoms with Crippen molar-refractivity contribution < 1.29 is 28.3 Å². The molecule has 0 aromatic heterocycles. The summed E-state index contributed by atoms with van der Waals surface area (Å²) in [7, 11) is 0. The molecule has 0 saturated carbocycles. The van der Waals surface area contributed by atoms with Gasteiger partial charge in [-0.2, -0.15) is 0 Å². The van der Waals surface area contributed by atoms with Crippen LogP contribution in [0.5, 0.6) is 5.75 Å². The Kier molecular flexibility index (Phi) is 10.0. The highest BCUT2D eigenvalue weighted by Gasteiger charge is 2.39. The van der Waals surface area contributed by atoms with E-state index in [-0.39, 0.29) is 29.5 Å². The maximum Gasteiger partial charge on any atom is 0.255 e. The number of carbonyl (C=O) groups is 3. The van der Waals surface area contributed by atoms with Crippen LogP contribution in [-0.4, -0.2) is 84.5 Å². The van der Waals surface area contributed by atoms with Crippen molar-refractivity contribution in [3.05, 3.63) is 124 Å². The van der Waals surface area contributed by atoms with Crippen molar-refractivity contribution >= 4 is 40.2 Å². The lowest BCUT2D eigenvalue weighted by Gasteiger charge is -2.40. The molecule has 5 aliphatic rings. The smallest absolute Gasteiger partial charge is 0.255 e. The number of amides is 3. The first-order valence-corrected chi connectivity index (χ1v) is 20.3. The predicted octanol–water partition coefficient (Wildman–Crippen LogP) is 6.77. The highest BCUT2D eigenvalue weighted by atomic mass is 19.1. The van der Waals surface area contributed by atoms with Crippen LogP contribution < -0.4 is 15.1 Å². The molecule has 3 amide bonds. The summed E-state index contributed by atoms with van der Waals surface area (Å²) < 4.78 is 32.8. The van der Waals surface area contributed by atoms with Gasteiger partial charge in [0, 0.05) is 75.7 Å². The number of hydrogen-bond acceptors (Lipinski definition) is 7. The molecule has 0 radical (unpaired) electrons. The van der Waals surface area contributed by atoms with Crippen molar-refractivity contribution in [3.8, 4) is 5.75 Å². The molecule has 4 aromatic rings. The summed E-state index contributed by atoms with van der Waals surface area (Å²) in [6.45, 7) is 6.36. The number of allylic oxidation sites excluding steroid dienone is 1. The number of piperidine rings is 2. The zero-order valence-electron chi connectivity index (χ0n) is 32.0. The quantitative estimate of drug-likeness (QED) is 0.201. The topological polar surface area (TPSA) is 96.4 Å². The van der Waals surface area contributed by atoms with E-state index in [4.69, 9.17) is 0 Å². The first-order valence-electron chi connectivity index (χ1n) is 20.3. The van der Waals surface area contributed by atoms with Gasteiger partial charge in [-0.3, -0.25) is 24.6 Å². The van der Waals surface area contributed by atoms with Crippen molar-refractivity contribution in [1.82, 2.24) is 15.1 Å². The van der Waals surface area contributed by atoms with E-state index in [9.17, 15) is 19.5 Å². The molecular formula is C46H47F2N5O4. The molecule has 11 heteroatoms. The van der Waals surface area contributed by atoms with Crippen LogP contribution in [-0.2, 0) is 22.6 Å². The molecule has 294 valence electrons. The molecule has 3 fully saturated rings. The number of nitrogens with zero attached hydrogens (tertiary/aromatic N) is 4. The third-order valence-corrected chi connectivity index (χ3v) is 12.7. The fourth-order valence-electron chi connectivity index (χ4n) is 9.65. The Hall–Kier alpha value is -5.55.